The van der Waals surface area contributed by atoms with E-state index in [1.54, 1.807) is 4.68 Å². The van der Waals surface area contributed by atoms with Crippen LogP contribution in [0, 0.1) is 0 Å². The summed E-state index contributed by atoms with van der Waals surface area (Å²) in [6, 6.07) is 7.42. The molecule has 1 aromatic heterocycles. The second kappa shape index (κ2) is 8.38. The minimum absolute atomic E-state index is 0.0602. The van der Waals surface area contributed by atoms with Gasteiger partial charge in [-0.3, -0.25) is 4.79 Å². The molecule has 152 valence electrons. The van der Waals surface area contributed by atoms with Crippen molar-refractivity contribution in [2.45, 2.75) is 64.4 Å². The van der Waals surface area contributed by atoms with Crippen molar-refractivity contribution in [3.05, 3.63) is 41.7 Å². The van der Waals surface area contributed by atoms with Gasteiger partial charge in [0.1, 0.15) is 0 Å². The third kappa shape index (κ3) is 5.15. The predicted molar refractivity (Wildman–Crippen MR) is 106 cm³/mol. The number of aliphatic hydroxyl groups excluding tert-OH is 1. The Hall–Kier alpha value is -2.29. The van der Waals surface area contributed by atoms with Gasteiger partial charge in [0.15, 0.2) is 0 Å². The van der Waals surface area contributed by atoms with Gasteiger partial charge in [0, 0.05) is 30.8 Å². The van der Waals surface area contributed by atoms with Gasteiger partial charge in [-0.05, 0) is 17.7 Å². The van der Waals surface area contributed by atoms with Gasteiger partial charge >= 0.3 is 0 Å². The van der Waals surface area contributed by atoms with Crippen molar-refractivity contribution < 1.29 is 14.6 Å². The molecule has 8 heteroatoms. The van der Waals surface area contributed by atoms with E-state index in [2.05, 4.69) is 41.7 Å². The van der Waals surface area contributed by atoms with Crippen LogP contribution in [0.5, 0.6) is 0 Å². The Kier molecular flexibility index (Phi) is 6.12. The van der Waals surface area contributed by atoms with Crippen molar-refractivity contribution in [2.75, 3.05) is 11.9 Å². The van der Waals surface area contributed by atoms with Crippen molar-refractivity contribution in [1.29, 1.82) is 0 Å². The lowest BCUT2D eigenvalue weighted by Crippen LogP contribution is -2.45. The van der Waals surface area contributed by atoms with Crippen molar-refractivity contribution in [1.82, 2.24) is 20.3 Å². The average molecular weight is 387 g/mol. The Labute approximate surface area is 165 Å². The number of benzene rings is 1. The van der Waals surface area contributed by atoms with Crippen LogP contribution in [0.15, 0.2) is 30.5 Å². The zero-order chi connectivity index (χ0) is 20.3. The monoisotopic (exact) mass is 387 g/mol. The highest BCUT2D eigenvalue weighted by molar-refractivity contribution is 5.88. The summed E-state index contributed by atoms with van der Waals surface area (Å²) >= 11 is 0. The minimum Gasteiger partial charge on any atom is -0.389 e. The predicted octanol–water partition coefficient (Wildman–Crippen LogP) is 1.45. The van der Waals surface area contributed by atoms with E-state index < -0.39 is 6.10 Å². The van der Waals surface area contributed by atoms with Crippen LogP contribution in [0.4, 0.5) is 5.69 Å². The summed E-state index contributed by atoms with van der Waals surface area (Å²) in [5.41, 5.74) is 2.69. The number of nitrogens with one attached hydrogen (secondary N) is 2. The van der Waals surface area contributed by atoms with E-state index in [9.17, 15) is 9.90 Å². The first-order valence-electron chi connectivity index (χ1n) is 9.52. The summed E-state index contributed by atoms with van der Waals surface area (Å²) in [4.78, 5) is 11.1. The zero-order valence-electron chi connectivity index (χ0n) is 16.8. The fourth-order valence-corrected chi connectivity index (χ4v) is 3.17. The number of aliphatic hydroxyl groups is 1. The number of hydrogen-bond acceptors (Lipinski definition) is 6. The second-order valence-electron chi connectivity index (χ2n) is 8.30. The summed E-state index contributed by atoms with van der Waals surface area (Å²) in [5.74, 6) is -0.0947. The van der Waals surface area contributed by atoms with E-state index >= 15 is 0 Å². The van der Waals surface area contributed by atoms with Gasteiger partial charge in [-0.15, -0.1) is 5.10 Å². The molecule has 1 saturated heterocycles. The number of hydrogen-bond donors (Lipinski definition) is 3. The van der Waals surface area contributed by atoms with Gasteiger partial charge < -0.3 is 20.5 Å². The Morgan fingerprint density at radius 1 is 1.32 bits per heavy atom. The van der Waals surface area contributed by atoms with Crippen LogP contribution in [-0.2, 0) is 28.0 Å². The lowest BCUT2D eigenvalue weighted by atomic mass is 9.93. The van der Waals surface area contributed by atoms with Crippen molar-refractivity contribution in [3.63, 3.8) is 0 Å². The number of aromatic nitrogens is 3. The minimum atomic E-state index is -0.575. The number of nitrogens with zero attached hydrogens (tertiary/aromatic N) is 3. The second-order valence-corrected chi connectivity index (χ2v) is 8.30. The quantitative estimate of drug-likeness (QED) is 0.694. The molecule has 1 amide bonds. The molecule has 0 saturated carbocycles. The summed E-state index contributed by atoms with van der Waals surface area (Å²) in [6.07, 6.45) is 1.17. The Balaban J connectivity index is 1.59. The Morgan fingerprint density at radius 2 is 2.04 bits per heavy atom. The standard InChI is InChI=1S/C20H29N5O3/c1-13(26)22-15-7-5-14(6-8-15)9-21-19-16(27)12-28-17(19)10-25-11-18(23-24-25)20(2,3)4/h5-8,11,16-17,19,21,27H,9-10,12H2,1-4H3,(H,22,26)/t16-,17+,19+/m0/s1. The van der Waals surface area contributed by atoms with Gasteiger partial charge in [-0.2, -0.15) is 0 Å². The molecule has 3 N–H and O–H groups in total. The van der Waals surface area contributed by atoms with E-state index in [1.807, 2.05) is 30.5 Å². The molecule has 1 fully saturated rings. The molecule has 2 heterocycles. The molecule has 1 aromatic carbocycles. The molecular weight excluding hydrogens is 358 g/mol. The van der Waals surface area contributed by atoms with Crippen LogP contribution in [0.25, 0.3) is 0 Å². The smallest absolute Gasteiger partial charge is 0.221 e. The van der Waals surface area contributed by atoms with Crippen LogP contribution in [0.2, 0.25) is 0 Å². The highest BCUT2D eigenvalue weighted by atomic mass is 16.5. The molecule has 3 rings (SSSR count). The van der Waals surface area contributed by atoms with Crippen LogP contribution >= 0.6 is 0 Å². The Morgan fingerprint density at radius 3 is 2.64 bits per heavy atom. The number of ether oxygens (including phenoxy) is 1. The third-order valence-electron chi connectivity index (χ3n) is 4.79. The first-order chi connectivity index (χ1) is 13.2. The zero-order valence-corrected chi connectivity index (χ0v) is 16.8. The highest BCUT2D eigenvalue weighted by Gasteiger charge is 2.36. The SMILES string of the molecule is CC(=O)Nc1ccc(CN[C@@H]2[C@@H](O)CO[C@@H]2Cn2cc(C(C)(C)C)nn2)cc1. The molecule has 0 bridgehead atoms. The lowest BCUT2D eigenvalue weighted by molar-refractivity contribution is -0.114. The summed E-state index contributed by atoms with van der Waals surface area (Å²) < 4.78 is 7.56. The van der Waals surface area contributed by atoms with E-state index in [4.69, 9.17) is 4.74 Å². The number of carbonyl (C=O) groups is 1. The van der Waals surface area contributed by atoms with Crippen LogP contribution in [-0.4, -0.2) is 50.9 Å². The molecular formula is C20H29N5O3. The number of amides is 1. The molecule has 0 spiro atoms. The third-order valence-corrected chi connectivity index (χ3v) is 4.79. The van der Waals surface area contributed by atoms with E-state index in [0.717, 1.165) is 16.9 Å². The van der Waals surface area contributed by atoms with Gasteiger partial charge in [-0.25, -0.2) is 4.68 Å². The van der Waals surface area contributed by atoms with Crippen LogP contribution in [0.1, 0.15) is 39.0 Å². The number of rotatable bonds is 6. The Bertz CT molecular complexity index is 797. The topological polar surface area (TPSA) is 101 Å². The largest absolute Gasteiger partial charge is 0.389 e. The maximum Gasteiger partial charge on any atom is 0.221 e. The molecule has 8 nitrogen and oxygen atoms in total. The van der Waals surface area contributed by atoms with E-state index in [0.29, 0.717) is 19.7 Å². The molecule has 0 unspecified atom stereocenters. The highest BCUT2D eigenvalue weighted by Crippen LogP contribution is 2.21. The maximum absolute atomic E-state index is 11.1. The molecule has 1 aliphatic rings. The lowest BCUT2D eigenvalue weighted by Gasteiger charge is -2.22. The van der Waals surface area contributed by atoms with E-state index in [-0.39, 0.29) is 23.5 Å². The first kappa shape index (κ1) is 20.4. The van der Waals surface area contributed by atoms with Crippen molar-refractivity contribution in [2.24, 2.45) is 0 Å². The van der Waals surface area contributed by atoms with Gasteiger partial charge in [0.2, 0.25) is 5.91 Å². The van der Waals surface area contributed by atoms with Crippen LogP contribution in [0.3, 0.4) is 0 Å². The summed E-state index contributed by atoms with van der Waals surface area (Å²) in [6.45, 7) is 9.18. The number of carbonyl (C=O) groups excluding carboxylic acids is 1. The molecule has 1 aliphatic heterocycles. The first-order valence-corrected chi connectivity index (χ1v) is 9.52. The van der Waals surface area contributed by atoms with Crippen molar-refractivity contribution >= 4 is 11.6 Å². The fourth-order valence-electron chi connectivity index (χ4n) is 3.17. The molecule has 0 aliphatic carbocycles. The molecule has 28 heavy (non-hydrogen) atoms. The number of anilines is 1. The van der Waals surface area contributed by atoms with Gasteiger partial charge in [-0.1, -0.05) is 38.1 Å². The van der Waals surface area contributed by atoms with E-state index in [1.165, 1.54) is 6.92 Å². The normalized spacial score (nSPS) is 22.4. The van der Waals surface area contributed by atoms with Crippen molar-refractivity contribution in [3.8, 4) is 0 Å². The van der Waals surface area contributed by atoms with Gasteiger partial charge in [0.25, 0.3) is 0 Å². The molecule has 2 aromatic rings. The average Bonchev–Trinajstić information content (AvgIpc) is 3.22. The van der Waals surface area contributed by atoms with Crippen LogP contribution < -0.4 is 10.6 Å². The summed E-state index contributed by atoms with van der Waals surface area (Å²) in [7, 11) is 0. The maximum atomic E-state index is 11.1. The molecule has 0 radical (unpaired) electrons. The summed E-state index contributed by atoms with van der Waals surface area (Å²) in [5, 5.41) is 24.9. The van der Waals surface area contributed by atoms with Gasteiger partial charge in [0.05, 0.1) is 37.1 Å². The molecule has 3 atom stereocenters. The fraction of sp³-hybridized carbons (Fsp3) is 0.550.